The van der Waals surface area contributed by atoms with Gasteiger partial charge in [0.05, 0.1) is 19.8 Å². The van der Waals surface area contributed by atoms with Gasteiger partial charge < -0.3 is 20.1 Å². The molecule has 1 heterocycles. The van der Waals surface area contributed by atoms with E-state index in [0.29, 0.717) is 0 Å². The van der Waals surface area contributed by atoms with E-state index in [1.165, 1.54) is 44.9 Å². The summed E-state index contributed by atoms with van der Waals surface area (Å²) >= 11 is 0. The molecule has 0 aromatic heterocycles. The molecule has 0 aromatic rings. The molecular weight excluding hydrogens is 316 g/mol. The molecule has 0 spiro atoms. The Morgan fingerprint density at radius 1 is 1.16 bits per heavy atom. The lowest BCUT2D eigenvalue weighted by molar-refractivity contribution is -0.0352. The monoisotopic (exact) mass is 352 g/mol. The molecule has 2 aliphatic carbocycles. The van der Waals surface area contributed by atoms with E-state index >= 15 is 0 Å². The number of rotatable bonds is 8. The molecule has 3 aliphatic rings. The van der Waals surface area contributed by atoms with Gasteiger partial charge in [0.1, 0.15) is 0 Å². The quantitative estimate of drug-likeness (QED) is 0.395. The fourth-order valence-electron chi connectivity index (χ4n) is 4.10. The average Bonchev–Trinajstić information content (AvgIpc) is 3.50. The van der Waals surface area contributed by atoms with Gasteiger partial charge in [0.15, 0.2) is 5.96 Å². The predicted molar refractivity (Wildman–Crippen MR) is 101 cm³/mol. The molecule has 0 bridgehead atoms. The first-order valence-electron chi connectivity index (χ1n) is 10.2. The molecule has 0 radical (unpaired) electrons. The number of hydrogen-bond acceptors (Lipinski definition) is 4. The van der Waals surface area contributed by atoms with E-state index in [-0.39, 0.29) is 5.54 Å². The molecule has 1 saturated heterocycles. The molecule has 3 rings (SSSR count). The van der Waals surface area contributed by atoms with Crippen molar-refractivity contribution in [2.75, 3.05) is 59.7 Å². The van der Waals surface area contributed by atoms with E-state index in [4.69, 9.17) is 9.47 Å². The van der Waals surface area contributed by atoms with Crippen molar-refractivity contribution >= 4 is 5.96 Å². The molecule has 2 saturated carbocycles. The van der Waals surface area contributed by atoms with E-state index < -0.39 is 0 Å². The number of hydrogen-bond donors (Lipinski definition) is 2. The smallest absolute Gasteiger partial charge is 0.191 e. The van der Waals surface area contributed by atoms with Crippen molar-refractivity contribution < 1.29 is 9.47 Å². The largest absolute Gasteiger partial charge is 0.379 e. The van der Waals surface area contributed by atoms with Crippen LogP contribution in [0.25, 0.3) is 0 Å². The summed E-state index contributed by atoms with van der Waals surface area (Å²) in [5, 5.41) is 6.98. The number of nitrogens with zero attached hydrogens (tertiary/aromatic N) is 2. The summed E-state index contributed by atoms with van der Waals surface area (Å²) in [7, 11) is 1.85. The van der Waals surface area contributed by atoms with E-state index in [9.17, 15) is 0 Å². The van der Waals surface area contributed by atoms with E-state index in [1.807, 2.05) is 7.05 Å². The second-order valence-electron chi connectivity index (χ2n) is 7.76. The third kappa shape index (κ3) is 5.83. The maximum absolute atomic E-state index is 5.69. The average molecular weight is 353 g/mol. The van der Waals surface area contributed by atoms with Crippen molar-refractivity contribution in [1.29, 1.82) is 0 Å². The van der Waals surface area contributed by atoms with Gasteiger partial charge in [0.25, 0.3) is 0 Å². The Hall–Kier alpha value is -0.850. The van der Waals surface area contributed by atoms with Crippen LogP contribution in [-0.4, -0.2) is 76.1 Å². The van der Waals surface area contributed by atoms with Crippen LogP contribution in [0.2, 0.25) is 0 Å². The molecule has 6 nitrogen and oxygen atoms in total. The molecule has 144 valence electrons. The van der Waals surface area contributed by atoms with Crippen LogP contribution in [0.4, 0.5) is 0 Å². The number of ether oxygens (including phenoxy) is 2. The van der Waals surface area contributed by atoms with Crippen LogP contribution < -0.4 is 10.6 Å². The lowest BCUT2D eigenvalue weighted by atomic mass is 9.80. The normalized spacial score (nSPS) is 24.9. The topological polar surface area (TPSA) is 58.1 Å². The second-order valence-corrected chi connectivity index (χ2v) is 7.76. The minimum Gasteiger partial charge on any atom is -0.379 e. The molecule has 0 amide bonds. The Balaban J connectivity index is 1.43. The SMILES string of the molecule is CN=C(NCCOCC1CC1)NCC1(N2CCOCC2)CCCCC1. The third-order valence-electron chi connectivity index (χ3n) is 5.86. The summed E-state index contributed by atoms with van der Waals surface area (Å²) in [6.45, 7) is 7.32. The lowest BCUT2D eigenvalue weighted by Crippen LogP contribution is -2.60. The highest BCUT2D eigenvalue weighted by Crippen LogP contribution is 2.33. The molecule has 0 atom stereocenters. The molecule has 25 heavy (non-hydrogen) atoms. The number of guanidine groups is 1. The van der Waals surface area contributed by atoms with Gasteiger partial charge in [-0.25, -0.2) is 0 Å². The first kappa shape index (κ1) is 18.9. The minimum absolute atomic E-state index is 0.266. The zero-order valence-electron chi connectivity index (χ0n) is 15.9. The summed E-state index contributed by atoms with van der Waals surface area (Å²) < 4.78 is 11.3. The fraction of sp³-hybridized carbons (Fsp3) is 0.947. The van der Waals surface area contributed by atoms with Crippen LogP contribution >= 0.6 is 0 Å². The Morgan fingerprint density at radius 2 is 1.92 bits per heavy atom. The highest BCUT2D eigenvalue weighted by atomic mass is 16.5. The van der Waals surface area contributed by atoms with E-state index in [0.717, 1.165) is 64.5 Å². The van der Waals surface area contributed by atoms with Gasteiger partial charge >= 0.3 is 0 Å². The Kier molecular flexibility index (Phi) is 7.37. The Labute approximate surface area is 152 Å². The van der Waals surface area contributed by atoms with Crippen molar-refractivity contribution in [3.05, 3.63) is 0 Å². The molecular formula is C19H36N4O2. The molecule has 2 N–H and O–H groups in total. The molecule has 3 fully saturated rings. The minimum atomic E-state index is 0.266. The maximum Gasteiger partial charge on any atom is 0.191 e. The molecule has 0 aromatic carbocycles. The van der Waals surface area contributed by atoms with Gasteiger partial charge in [-0.15, -0.1) is 0 Å². The highest BCUT2D eigenvalue weighted by molar-refractivity contribution is 5.79. The summed E-state index contributed by atoms with van der Waals surface area (Å²) in [6.07, 6.45) is 9.29. The summed E-state index contributed by atoms with van der Waals surface area (Å²) in [5.41, 5.74) is 0.266. The molecule has 1 aliphatic heterocycles. The number of aliphatic imine (C=N–C) groups is 1. The van der Waals surface area contributed by atoms with Crippen LogP contribution in [0.1, 0.15) is 44.9 Å². The van der Waals surface area contributed by atoms with Crippen LogP contribution in [-0.2, 0) is 9.47 Å². The molecule has 0 unspecified atom stereocenters. The first-order chi connectivity index (χ1) is 12.3. The van der Waals surface area contributed by atoms with Gasteiger partial charge in [-0.1, -0.05) is 19.3 Å². The third-order valence-corrected chi connectivity index (χ3v) is 5.86. The van der Waals surface area contributed by atoms with Crippen molar-refractivity contribution in [3.8, 4) is 0 Å². The summed E-state index contributed by atoms with van der Waals surface area (Å²) in [6, 6.07) is 0. The Bertz CT molecular complexity index is 414. The van der Waals surface area contributed by atoms with Crippen molar-refractivity contribution in [3.63, 3.8) is 0 Å². The van der Waals surface area contributed by atoms with E-state index in [2.05, 4.69) is 20.5 Å². The van der Waals surface area contributed by atoms with Crippen LogP contribution in [0, 0.1) is 5.92 Å². The maximum atomic E-state index is 5.69. The fourth-order valence-corrected chi connectivity index (χ4v) is 4.10. The highest BCUT2D eigenvalue weighted by Gasteiger charge is 2.38. The van der Waals surface area contributed by atoms with Crippen molar-refractivity contribution in [2.24, 2.45) is 10.9 Å². The van der Waals surface area contributed by atoms with Crippen LogP contribution in [0.3, 0.4) is 0 Å². The Morgan fingerprint density at radius 3 is 2.60 bits per heavy atom. The summed E-state index contributed by atoms with van der Waals surface area (Å²) in [5.74, 6) is 1.73. The van der Waals surface area contributed by atoms with E-state index in [1.54, 1.807) is 0 Å². The van der Waals surface area contributed by atoms with Gasteiger partial charge in [0.2, 0.25) is 0 Å². The number of nitrogens with one attached hydrogen (secondary N) is 2. The standard InChI is InChI=1S/C19H36N4O2/c1-20-18(21-9-12-25-15-17-5-6-17)22-16-19(7-3-2-4-8-19)23-10-13-24-14-11-23/h17H,2-16H2,1H3,(H2,20,21,22). The predicted octanol–water partition coefficient (Wildman–Crippen LogP) is 1.61. The van der Waals surface area contributed by atoms with Gasteiger partial charge in [-0.3, -0.25) is 9.89 Å². The van der Waals surface area contributed by atoms with Crippen LogP contribution in [0.15, 0.2) is 4.99 Å². The van der Waals surface area contributed by atoms with Gasteiger partial charge in [0, 0.05) is 45.4 Å². The summed E-state index contributed by atoms with van der Waals surface area (Å²) in [4.78, 5) is 7.05. The van der Waals surface area contributed by atoms with Crippen molar-refractivity contribution in [1.82, 2.24) is 15.5 Å². The van der Waals surface area contributed by atoms with Crippen molar-refractivity contribution in [2.45, 2.75) is 50.5 Å². The zero-order chi connectivity index (χ0) is 17.4. The first-order valence-corrected chi connectivity index (χ1v) is 10.2. The number of morpholine rings is 1. The second kappa shape index (κ2) is 9.74. The molecule has 6 heteroatoms. The van der Waals surface area contributed by atoms with Crippen LogP contribution in [0.5, 0.6) is 0 Å². The van der Waals surface area contributed by atoms with Gasteiger partial charge in [-0.05, 0) is 31.6 Å². The lowest BCUT2D eigenvalue weighted by Gasteiger charge is -2.48. The zero-order valence-corrected chi connectivity index (χ0v) is 15.9. The van der Waals surface area contributed by atoms with Gasteiger partial charge in [-0.2, -0.15) is 0 Å².